The first-order valence-electron chi connectivity index (χ1n) is 7.12. The number of carbonyl (C=O) groups excluding carboxylic acids is 1. The number of methoxy groups -OCH3 is 2. The molecular formula is C18H14ClNO4. The highest BCUT2D eigenvalue weighted by atomic mass is 35.5. The predicted molar refractivity (Wildman–Crippen MR) is 91.6 cm³/mol. The fourth-order valence-electron chi connectivity index (χ4n) is 2.33. The lowest BCUT2D eigenvalue weighted by atomic mass is 10.1. The van der Waals surface area contributed by atoms with Gasteiger partial charge >= 0.3 is 5.97 Å². The first kappa shape index (κ1) is 16.1. The molecule has 5 nitrogen and oxygen atoms in total. The summed E-state index contributed by atoms with van der Waals surface area (Å²) in [7, 11) is 3.08. The van der Waals surface area contributed by atoms with Crippen molar-refractivity contribution in [2.75, 3.05) is 14.2 Å². The van der Waals surface area contributed by atoms with Crippen LogP contribution >= 0.6 is 11.6 Å². The van der Waals surface area contributed by atoms with Crippen molar-refractivity contribution < 1.29 is 19.0 Å². The number of carbonyl (C=O) groups is 1. The molecule has 1 aliphatic rings. The lowest BCUT2D eigenvalue weighted by molar-refractivity contribution is -0.129. The van der Waals surface area contributed by atoms with Crippen LogP contribution in [0.3, 0.4) is 0 Å². The Bertz CT molecular complexity index is 858. The van der Waals surface area contributed by atoms with E-state index in [1.54, 1.807) is 55.7 Å². The van der Waals surface area contributed by atoms with Crippen LogP contribution in [0.4, 0.5) is 0 Å². The fraction of sp³-hybridized carbons (Fsp3) is 0.111. The minimum Gasteiger partial charge on any atom is -0.493 e. The Labute approximate surface area is 144 Å². The molecule has 0 bridgehead atoms. The lowest BCUT2D eigenvalue weighted by Crippen LogP contribution is -2.05. The van der Waals surface area contributed by atoms with Gasteiger partial charge in [0.25, 0.3) is 0 Å². The molecule has 6 heteroatoms. The van der Waals surface area contributed by atoms with Gasteiger partial charge in [-0.1, -0.05) is 35.9 Å². The molecule has 122 valence electrons. The number of hydrogen-bond acceptors (Lipinski definition) is 5. The Morgan fingerprint density at radius 3 is 2.58 bits per heavy atom. The molecule has 0 amide bonds. The molecule has 0 radical (unpaired) electrons. The van der Waals surface area contributed by atoms with Crippen LogP contribution in [0, 0.1) is 0 Å². The van der Waals surface area contributed by atoms with Crippen molar-refractivity contribution in [2.24, 2.45) is 4.99 Å². The van der Waals surface area contributed by atoms with Gasteiger partial charge in [0.1, 0.15) is 0 Å². The zero-order chi connectivity index (χ0) is 17.1. The van der Waals surface area contributed by atoms with Crippen molar-refractivity contribution in [1.29, 1.82) is 0 Å². The van der Waals surface area contributed by atoms with E-state index in [0.717, 1.165) is 0 Å². The molecule has 0 aromatic heterocycles. The van der Waals surface area contributed by atoms with Crippen molar-refractivity contribution in [3.63, 3.8) is 0 Å². The van der Waals surface area contributed by atoms with E-state index < -0.39 is 5.97 Å². The van der Waals surface area contributed by atoms with Crippen LogP contribution in [-0.4, -0.2) is 26.1 Å². The van der Waals surface area contributed by atoms with E-state index in [0.29, 0.717) is 27.6 Å². The molecule has 3 rings (SSSR count). The predicted octanol–water partition coefficient (Wildman–Crippen LogP) is 3.70. The number of hydrogen-bond donors (Lipinski definition) is 0. The van der Waals surface area contributed by atoms with E-state index in [-0.39, 0.29) is 11.6 Å². The van der Waals surface area contributed by atoms with Gasteiger partial charge in [-0.2, -0.15) is 0 Å². The second kappa shape index (κ2) is 6.76. The largest absolute Gasteiger partial charge is 0.493 e. The molecule has 0 fully saturated rings. The fourth-order valence-corrected chi connectivity index (χ4v) is 2.55. The number of cyclic esters (lactones) is 1. The van der Waals surface area contributed by atoms with E-state index >= 15 is 0 Å². The van der Waals surface area contributed by atoms with Gasteiger partial charge in [-0.05, 0) is 24.3 Å². The maximum atomic E-state index is 12.1. The second-order valence-electron chi connectivity index (χ2n) is 4.90. The van der Waals surface area contributed by atoms with Crippen LogP contribution in [0.15, 0.2) is 53.2 Å². The molecule has 1 heterocycles. The minimum absolute atomic E-state index is 0.163. The second-order valence-corrected chi connectivity index (χ2v) is 5.31. The Morgan fingerprint density at radius 2 is 1.88 bits per heavy atom. The SMILES string of the molecule is COc1cccc(/C=C2/N=C(c3ccccc3Cl)OC2=O)c1OC. The van der Waals surface area contributed by atoms with Gasteiger partial charge in [0.15, 0.2) is 17.2 Å². The summed E-state index contributed by atoms with van der Waals surface area (Å²) in [6, 6.07) is 12.4. The van der Waals surface area contributed by atoms with Crippen LogP contribution in [0.1, 0.15) is 11.1 Å². The summed E-state index contributed by atoms with van der Waals surface area (Å²) in [6.07, 6.45) is 1.59. The van der Waals surface area contributed by atoms with Gasteiger partial charge in [-0.3, -0.25) is 0 Å². The van der Waals surface area contributed by atoms with Crippen molar-refractivity contribution >= 4 is 29.5 Å². The summed E-state index contributed by atoms with van der Waals surface area (Å²) in [5.74, 6) is 0.712. The Morgan fingerprint density at radius 1 is 1.08 bits per heavy atom. The normalized spacial score (nSPS) is 15.2. The molecule has 0 atom stereocenters. The van der Waals surface area contributed by atoms with Crippen molar-refractivity contribution in [3.8, 4) is 11.5 Å². The lowest BCUT2D eigenvalue weighted by Gasteiger charge is -2.09. The van der Waals surface area contributed by atoms with Gasteiger partial charge in [0.05, 0.1) is 24.8 Å². The number of nitrogens with zero attached hydrogens (tertiary/aromatic N) is 1. The zero-order valence-electron chi connectivity index (χ0n) is 13.1. The summed E-state index contributed by atoms with van der Waals surface area (Å²) in [5.41, 5.74) is 1.39. The van der Waals surface area contributed by atoms with Crippen LogP contribution in [-0.2, 0) is 9.53 Å². The summed E-state index contributed by atoms with van der Waals surface area (Å²) in [6.45, 7) is 0. The molecule has 0 saturated carbocycles. The van der Waals surface area contributed by atoms with Gasteiger partial charge in [0.2, 0.25) is 5.90 Å². The van der Waals surface area contributed by atoms with Crippen LogP contribution < -0.4 is 9.47 Å². The Kier molecular flexibility index (Phi) is 4.53. The van der Waals surface area contributed by atoms with Gasteiger partial charge in [-0.15, -0.1) is 0 Å². The van der Waals surface area contributed by atoms with Gasteiger partial charge < -0.3 is 14.2 Å². The minimum atomic E-state index is -0.546. The number of rotatable bonds is 4. The summed E-state index contributed by atoms with van der Waals surface area (Å²) < 4.78 is 15.8. The van der Waals surface area contributed by atoms with E-state index in [1.165, 1.54) is 7.11 Å². The zero-order valence-corrected chi connectivity index (χ0v) is 13.8. The van der Waals surface area contributed by atoms with Crippen LogP contribution in [0.25, 0.3) is 6.08 Å². The van der Waals surface area contributed by atoms with Crippen LogP contribution in [0.2, 0.25) is 5.02 Å². The molecule has 2 aromatic rings. The number of esters is 1. The number of ether oxygens (including phenoxy) is 3. The van der Waals surface area contributed by atoms with E-state index in [1.807, 2.05) is 0 Å². The third-order valence-corrected chi connectivity index (χ3v) is 3.78. The quantitative estimate of drug-likeness (QED) is 0.627. The summed E-state index contributed by atoms with van der Waals surface area (Å²) in [5, 5.41) is 0.462. The molecular weight excluding hydrogens is 330 g/mol. The highest BCUT2D eigenvalue weighted by Crippen LogP contribution is 2.33. The monoisotopic (exact) mass is 343 g/mol. The Hall–Kier alpha value is -2.79. The number of aliphatic imine (C=N–C) groups is 1. The summed E-state index contributed by atoms with van der Waals surface area (Å²) >= 11 is 6.12. The molecule has 0 saturated heterocycles. The third-order valence-electron chi connectivity index (χ3n) is 3.45. The number of halogens is 1. The standard InChI is InChI=1S/C18H14ClNO4/c1-22-15-9-5-6-11(16(15)23-2)10-14-18(21)24-17(20-14)12-7-3-4-8-13(12)19/h3-10H,1-2H3/b14-10+. The molecule has 0 N–H and O–H groups in total. The molecule has 0 aliphatic carbocycles. The maximum Gasteiger partial charge on any atom is 0.363 e. The molecule has 2 aromatic carbocycles. The molecule has 0 unspecified atom stereocenters. The van der Waals surface area contributed by atoms with Crippen molar-refractivity contribution in [3.05, 3.63) is 64.3 Å². The molecule has 0 spiro atoms. The maximum absolute atomic E-state index is 12.1. The molecule has 1 aliphatic heterocycles. The first-order valence-corrected chi connectivity index (χ1v) is 7.50. The van der Waals surface area contributed by atoms with Crippen molar-refractivity contribution in [2.45, 2.75) is 0 Å². The highest BCUT2D eigenvalue weighted by molar-refractivity contribution is 6.34. The van der Waals surface area contributed by atoms with Crippen LogP contribution in [0.5, 0.6) is 11.5 Å². The smallest absolute Gasteiger partial charge is 0.363 e. The van der Waals surface area contributed by atoms with Crippen molar-refractivity contribution in [1.82, 2.24) is 0 Å². The third kappa shape index (κ3) is 2.98. The Balaban J connectivity index is 2.03. The van der Waals surface area contributed by atoms with Gasteiger partial charge in [-0.25, -0.2) is 9.79 Å². The van der Waals surface area contributed by atoms with E-state index in [4.69, 9.17) is 25.8 Å². The molecule has 24 heavy (non-hydrogen) atoms. The van der Waals surface area contributed by atoms with Gasteiger partial charge in [0, 0.05) is 5.56 Å². The van der Waals surface area contributed by atoms with E-state index in [9.17, 15) is 4.79 Å². The number of para-hydroxylation sites is 1. The average Bonchev–Trinajstić information content (AvgIpc) is 2.95. The topological polar surface area (TPSA) is 57.1 Å². The average molecular weight is 344 g/mol. The number of benzene rings is 2. The first-order chi connectivity index (χ1) is 11.6. The highest BCUT2D eigenvalue weighted by Gasteiger charge is 2.26. The summed E-state index contributed by atoms with van der Waals surface area (Å²) in [4.78, 5) is 16.4. The van der Waals surface area contributed by atoms with E-state index in [2.05, 4.69) is 4.99 Å².